The van der Waals surface area contributed by atoms with E-state index in [1.165, 1.54) is 0 Å². The molecule has 0 spiro atoms. The molecule has 5 rings (SSSR count). The molecule has 132 valence electrons. The minimum atomic E-state index is -0.195. The number of nitrogens with zero attached hydrogens (tertiary/aromatic N) is 4. The summed E-state index contributed by atoms with van der Waals surface area (Å²) < 4.78 is 12.7. The molecule has 0 unspecified atom stereocenters. The Balaban J connectivity index is 1.35. The number of aromatic nitrogens is 4. The second-order valence-corrected chi connectivity index (χ2v) is 6.72. The predicted molar refractivity (Wildman–Crippen MR) is 90.6 cm³/mol. The number of nitrogens with one attached hydrogen (secondary N) is 1. The molecule has 26 heavy (non-hydrogen) atoms. The normalized spacial score (nSPS) is 18.4. The maximum absolute atomic E-state index is 12.3. The van der Waals surface area contributed by atoms with Gasteiger partial charge in [0.15, 0.2) is 0 Å². The summed E-state index contributed by atoms with van der Waals surface area (Å²) in [6.07, 6.45) is 5.46. The third-order valence-corrected chi connectivity index (χ3v) is 4.69. The van der Waals surface area contributed by atoms with E-state index < -0.39 is 0 Å². The molecule has 1 fully saturated rings. The molecule has 8 nitrogen and oxygen atoms in total. The van der Waals surface area contributed by atoms with Gasteiger partial charge in [-0.1, -0.05) is 17.3 Å². The number of hydrogen-bond donors (Lipinski definition) is 1. The average molecular weight is 351 g/mol. The van der Waals surface area contributed by atoms with Crippen LogP contribution in [0.1, 0.15) is 46.6 Å². The fraction of sp³-hybridized carbons (Fsp3) is 0.333. The van der Waals surface area contributed by atoms with Gasteiger partial charge in [-0.25, -0.2) is 0 Å². The summed E-state index contributed by atoms with van der Waals surface area (Å²) in [5.74, 6) is 2.27. The van der Waals surface area contributed by atoms with Crippen LogP contribution in [0.2, 0.25) is 0 Å². The summed E-state index contributed by atoms with van der Waals surface area (Å²) in [6, 6.07) is 5.57. The zero-order valence-electron chi connectivity index (χ0n) is 14.2. The molecule has 2 aromatic heterocycles. The maximum Gasteiger partial charge on any atom is 0.255 e. The van der Waals surface area contributed by atoms with Crippen LogP contribution in [0.25, 0.3) is 11.4 Å². The van der Waals surface area contributed by atoms with Gasteiger partial charge >= 0.3 is 0 Å². The molecule has 3 aromatic rings. The second kappa shape index (κ2) is 5.69. The van der Waals surface area contributed by atoms with E-state index >= 15 is 0 Å². The number of fused-ring (bicyclic) bond motifs is 1. The number of hydrogen-bond acceptors (Lipinski definition) is 6. The van der Waals surface area contributed by atoms with E-state index in [-0.39, 0.29) is 11.9 Å². The summed E-state index contributed by atoms with van der Waals surface area (Å²) in [5, 5.41) is 11.1. The number of carbonyl (C=O) groups is 1. The average Bonchev–Trinajstić information content (AvgIpc) is 3.06. The second-order valence-electron chi connectivity index (χ2n) is 6.72. The predicted octanol–water partition coefficient (Wildman–Crippen LogP) is 2.21. The molecule has 1 amide bonds. The molecule has 0 bridgehead atoms. The first-order valence-electron chi connectivity index (χ1n) is 8.57. The first kappa shape index (κ1) is 15.1. The van der Waals surface area contributed by atoms with Crippen LogP contribution in [0.3, 0.4) is 0 Å². The van der Waals surface area contributed by atoms with Gasteiger partial charge in [0, 0.05) is 30.3 Å². The molecule has 1 aliphatic carbocycles. The lowest BCUT2D eigenvalue weighted by atomic mass is 10.1. The lowest BCUT2D eigenvalue weighted by Gasteiger charge is -2.10. The Labute approximate surface area is 149 Å². The van der Waals surface area contributed by atoms with Gasteiger partial charge in [-0.05, 0) is 18.9 Å². The number of ether oxygens (including phenoxy) is 1. The molecular weight excluding hydrogens is 334 g/mol. The van der Waals surface area contributed by atoms with Crippen molar-refractivity contribution in [3.63, 3.8) is 0 Å². The Hall–Kier alpha value is -3.16. The van der Waals surface area contributed by atoms with Crippen LogP contribution in [0.4, 0.5) is 0 Å². The molecule has 1 aromatic carbocycles. The van der Waals surface area contributed by atoms with E-state index in [1.807, 2.05) is 18.2 Å². The Bertz CT molecular complexity index is 988. The third-order valence-electron chi connectivity index (χ3n) is 4.69. The fourth-order valence-corrected chi connectivity index (χ4v) is 3.10. The number of rotatable bonds is 4. The smallest absolute Gasteiger partial charge is 0.255 e. The van der Waals surface area contributed by atoms with Gasteiger partial charge in [0.25, 0.3) is 5.91 Å². The van der Waals surface area contributed by atoms with Crippen LogP contribution >= 0.6 is 0 Å². The number of amides is 1. The van der Waals surface area contributed by atoms with E-state index in [1.54, 1.807) is 24.1 Å². The Morgan fingerprint density at radius 3 is 3.00 bits per heavy atom. The molecule has 1 aliphatic heterocycles. The van der Waals surface area contributed by atoms with Crippen molar-refractivity contribution in [3.8, 4) is 17.1 Å². The zero-order valence-corrected chi connectivity index (χ0v) is 14.2. The van der Waals surface area contributed by atoms with Gasteiger partial charge in [-0.3, -0.25) is 9.48 Å². The van der Waals surface area contributed by atoms with E-state index in [0.29, 0.717) is 29.8 Å². The lowest BCUT2D eigenvalue weighted by molar-refractivity contribution is 0.0930. The summed E-state index contributed by atoms with van der Waals surface area (Å²) in [6.45, 7) is 0.393. The summed E-state index contributed by atoms with van der Waals surface area (Å²) >= 11 is 0. The first-order valence-corrected chi connectivity index (χ1v) is 8.57. The molecular formula is C18H17N5O3. The van der Waals surface area contributed by atoms with Gasteiger partial charge in [-0.2, -0.15) is 10.1 Å². The summed E-state index contributed by atoms with van der Waals surface area (Å²) in [5.41, 5.74) is 2.31. The van der Waals surface area contributed by atoms with Gasteiger partial charge in [0.1, 0.15) is 12.4 Å². The van der Waals surface area contributed by atoms with Crippen LogP contribution in [0, 0.1) is 0 Å². The van der Waals surface area contributed by atoms with Crippen molar-refractivity contribution in [2.45, 2.75) is 24.8 Å². The van der Waals surface area contributed by atoms with Crippen molar-refractivity contribution in [1.82, 2.24) is 25.2 Å². The van der Waals surface area contributed by atoms with Crippen molar-refractivity contribution in [3.05, 3.63) is 47.6 Å². The maximum atomic E-state index is 12.3. The Morgan fingerprint density at radius 2 is 2.23 bits per heavy atom. The standard InChI is InChI=1S/C18H17N5O3/c1-23-8-12(7-19-23)17(24)20-14-9-25-15-6-11(4-5-13(14)15)16-21-18(26-22-16)10-2-3-10/h4-8,10,14H,2-3,9H2,1H3,(H,20,24)/t14-/m1/s1. The summed E-state index contributed by atoms with van der Waals surface area (Å²) in [7, 11) is 1.78. The molecule has 0 radical (unpaired) electrons. The van der Waals surface area contributed by atoms with Crippen molar-refractivity contribution in [2.24, 2.45) is 7.05 Å². The minimum Gasteiger partial charge on any atom is -0.491 e. The van der Waals surface area contributed by atoms with E-state index in [2.05, 4.69) is 20.6 Å². The quantitative estimate of drug-likeness (QED) is 0.774. The highest BCUT2D eigenvalue weighted by Gasteiger charge is 2.31. The molecule has 0 saturated heterocycles. The monoisotopic (exact) mass is 351 g/mol. The van der Waals surface area contributed by atoms with Crippen LogP contribution in [-0.2, 0) is 7.05 Å². The van der Waals surface area contributed by atoms with Gasteiger partial charge in [-0.15, -0.1) is 0 Å². The number of benzene rings is 1. The highest BCUT2D eigenvalue weighted by atomic mass is 16.5. The first-order chi connectivity index (χ1) is 12.7. The third kappa shape index (κ3) is 2.63. The Kier molecular flexibility index (Phi) is 3.31. The fourth-order valence-electron chi connectivity index (χ4n) is 3.10. The summed E-state index contributed by atoms with van der Waals surface area (Å²) in [4.78, 5) is 16.8. The van der Waals surface area contributed by atoms with Gasteiger partial charge in [0.05, 0.1) is 17.8 Å². The van der Waals surface area contributed by atoms with Gasteiger partial charge in [0.2, 0.25) is 11.7 Å². The van der Waals surface area contributed by atoms with Crippen LogP contribution in [-0.4, -0.2) is 32.4 Å². The molecule has 3 heterocycles. The topological polar surface area (TPSA) is 95.1 Å². The van der Waals surface area contributed by atoms with Crippen LogP contribution < -0.4 is 10.1 Å². The highest BCUT2D eigenvalue weighted by Crippen LogP contribution is 2.40. The van der Waals surface area contributed by atoms with Crippen molar-refractivity contribution in [1.29, 1.82) is 0 Å². The molecule has 2 aliphatic rings. The minimum absolute atomic E-state index is 0.170. The number of aryl methyl sites for hydroxylation is 1. The van der Waals surface area contributed by atoms with E-state index in [0.717, 1.165) is 29.7 Å². The Morgan fingerprint density at radius 1 is 1.35 bits per heavy atom. The molecule has 1 atom stereocenters. The van der Waals surface area contributed by atoms with E-state index in [9.17, 15) is 4.79 Å². The van der Waals surface area contributed by atoms with Crippen molar-refractivity contribution < 1.29 is 14.1 Å². The lowest BCUT2D eigenvalue weighted by Crippen LogP contribution is -2.29. The number of carbonyl (C=O) groups excluding carboxylic acids is 1. The molecule has 1 N–H and O–H groups in total. The van der Waals surface area contributed by atoms with E-state index in [4.69, 9.17) is 9.26 Å². The zero-order chi connectivity index (χ0) is 17.7. The largest absolute Gasteiger partial charge is 0.491 e. The highest BCUT2D eigenvalue weighted by molar-refractivity contribution is 5.94. The molecule has 8 heteroatoms. The van der Waals surface area contributed by atoms with Gasteiger partial charge < -0.3 is 14.6 Å². The SMILES string of the molecule is Cn1cc(C(=O)N[C@@H]2COc3cc(-c4noc(C5CC5)n4)ccc32)cn1. The van der Waals surface area contributed by atoms with Crippen LogP contribution in [0.5, 0.6) is 5.75 Å². The van der Waals surface area contributed by atoms with Crippen molar-refractivity contribution >= 4 is 5.91 Å². The molecule has 1 saturated carbocycles. The van der Waals surface area contributed by atoms with Crippen LogP contribution in [0.15, 0.2) is 35.1 Å². The van der Waals surface area contributed by atoms with Crippen molar-refractivity contribution in [2.75, 3.05) is 6.61 Å².